The zero-order valence-corrected chi connectivity index (χ0v) is 11.7. The van der Waals surface area contributed by atoms with E-state index in [1.165, 1.54) is 0 Å². The van der Waals surface area contributed by atoms with Crippen LogP contribution in [0.5, 0.6) is 0 Å². The molecule has 0 heterocycles. The lowest BCUT2D eigenvalue weighted by Crippen LogP contribution is -2.35. The third kappa shape index (κ3) is 3.02. The van der Waals surface area contributed by atoms with E-state index in [0.717, 1.165) is 16.7 Å². The van der Waals surface area contributed by atoms with Gasteiger partial charge in [-0.05, 0) is 17.5 Å². The number of fused-ring (bicyclic) bond motifs is 1. The van der Waals surface area contributed by atoms with Crippen LogP contribution in [0.2, 0.25) is 0 Å². The fourth-order valence-electron chi connectivity index (χ4n) is 2.76. The summed E-state index contributed by atoms with van der Waals surface area (Å²) in [5.41, 5.74) is 2.81. The maximum atomic E-state index is 12.3. The van der Waals surface area contributed by atoms with E-state index in [2.05, 4.69) is 5.32 Å². The average molecular weight is 279 g/mol. The highest BCUT2D eigenvalue weighted by atomic mass is 16.2. The minimum atomic E-state index is -0.254. The largest absolute Gasteiger partial charge is 0.352 e. The monoisotopic (exact) mass is 279 g/mol. The fraction of sp³-hybridized carbons (Fsp3) is 0.222. The Labute approximate surface area is 124 Å². The van der Waals surface area contributed by atoms with E-state index in [1.807, 2.05) is 54.6 Å². The first-order valence-corrected chi connectivity index (χ1v) is 7.17. The fourth-order valence-corrected chi connectivity index (χ4v) is 2.76. The number of ketones is 1. The molecule has 2 aromatic carbocycles. The first-order valence-electron chi connectivity index (χ1n) is 7.17. The molecule has 2 aromatic rings. The summed E-state index contributed by atoms with van der Waals surface area (Å²) in [6, 6.07) is 17.3. The van der Waals surface area contributed by atoms with Crippen LogP contribution in [0.25, 0.3) is 0 Å². The normalized spacial score (nSPS) is 17.1. The predicted octanol–water partition coefficient (Wildman–Crippen LogP) is 2.75. The molecule has 3 rings (SSSR count). The smallest absolute Gasteiger partial charge is 0.224 e. The molecule has 1 amide bonds. The Morgan fingerprint density at radius 2 is 1.71 bits per heavy atom. The Kier molecular flexibility index (Phi) is 3.82. The van der Waals surface area contributed by atoms with Crippen LogP contribution in [-0.2, 0) is 17.8 Å². The third-order valence-electron chi connectivity index (χ3n) is 3.90. The molecular formula is C18H17NO2. The van der Waals surface area contributed by atoms with Gasteiger partial charge in [0.25, 0.3) is 0 Å². The molecule has 106 valence electrons. The lowest BCUT2D eigenvalue weighted by molar-refractivity contribution is -0.125. The molecule has 1 aliphatic rings. The standard InChI is InChI=1S/C18H17NO2/c20-17-11-15(10-14-8-4-5-9-16(14)17)18(21)19-12-13-6-2-1-3-7-13/h1-9,15H,10-12H2,(H,19,21). The summed E-state index contributed by atoms with van der Waals surface area (Å²) < 4.78 is 0. The molecule has 0 fully saturated rings. The van der Waals surface area contributed by atoms with Gasteiger partial charge < -0.3 is 5.32 Å². The van der Waals surface area contributed by atoms with Gasteiger partial charge in [-0.1, -0.05) is 54.6 Å². The second kappa shape index (κ2) is 5.92. The van der Waals surface area contributed by atoms with Crippen LogP contribution in [0.1, 0.15) is 27.9 Å². The topological polar surface area (TPSA) is 46.2 Å². The first kappa shape index (κ1) is 13.6. The summed E-state index contributed by atoms with van der Waals surface area (Å²) in [6.07, 6.45) is 0.945. The van der Waals surface area contributed by atoms with Gasteiger partial charge in [0.2, 0.25) is 5.91 Å². The third-order valence-corrected chi connectivity index (χ3v) is 3.90. The summed E-state index contributed by atoms with van der Waals surface area (Å²) in [5, 5.41) is 2.93. The van der Waals surface area contributed by atoms with Crippen molar-refractivity contribution in [2.45, 2.75) is 19.4 Å². The summed E-state index contributed by atoms with van der Waals surface area (Å²) >= 11 is 0. The van der Waals surface area contributed by atoms with Crippen LogP contribution in [0.4, 0.5) is 0 Å². The zero-order valence-electron chi connectivity index (χ0n) is 11.7. The molecule has 0 aliphatic heterocycles. The second-order valence-electron chi connectivity index (χ2n) is 5.39. The van der Waals surface area contributed by atoms with Gasteiger partial charge >= 0.3 is 0 Å². The molecule has 0 saturated heterocycles. The van der Waals surface area contributed by atoms with E-state index >= 15 is 0 Å². The van der Waals surface area contributed by atoms with Crippen LogP contribution in [0, 0.1) is 5.92 Å². The number of rotatable bonds is 3. The molecule has 0 bridgehead atoms. The number of Topliss-reactive ketones (excluding diaryl/α,β-unsaturated/α-hetero) is 1. The van der Waals surface area contributed by atoms with Crippen molar-refractivity contribution in [3.8, 4) is 0 Å². The van der Waals surface area contributed by atoms with E-state index in [1.54, 1.807) is 0 Å². The molecule has 1 atom stereocenters. The maximum absolute atomic E-state index is 12.3. The van der Waals surface area contributed by atoms with Crippen molar-refractivity contribution in [1.29, 1.82) is 0 Å². The number of amides is 1. The van der Waals surface area contributed by atoms with Crippen molar-refractivity contribution < 1.29 is 9.59 Å². The quantitative estimate of drug-likeness (QED) is 0.939. The minimum absolute atomic E-state index is 0.0401. The number of hydrogen-bond acceptors (Lipinski definition) is 2. The van der Waals surface area contributed by atoms with Gasteiger partial charge in [0, 0.05) is 24.4 Å². The Bertz CT molecular complexity index is 664. The number of hydrogen-bond donors (Lipinski definition) is 1. The van der Waals surface area contributed by atoms with Gasteiger partial charge in [0.1, 0.15) is 0 Å². The molecule has 3 heteroatoms. The number of nitrogens with one attached hydrogen (secondary N) is 1. The highest BCUT2D eigenvalue weighted by Crippen LogP contribution is 2.25. The summed E-state index contributed by atoms with van der Waals surface area (Å²) in [7, 11) is 0. The first-order chi connectivity index (χ1) is 10.2. The Morgan fingerprint density at radius 1 is 1.00 bits per heavy atom. The van der Waals surface area contributed by atoms with E-state index in [-0.39, 0.29) is 17.6 Å². The molecule has 1 unspecified atom stereocenters. The van der Waals surface area contributed by atoms with Crippen LogP contribution in [-0.4, -0.2) is 11.7 Å². The molecule has 0 radical (unpaired) electrons. The van der Waals surface area contributed by atoms with Crippen LogP contribution in [0.3, 0.4) is 0 Å². The van der Waals surface area contributed by atoms with Gasteiger partial charge in [-0.25, -0.2) is 0 Å². The molecule has 21 heavy (non-hydrogen) atoms. The zero-order chi connectivity index (χ0) is 14.7. The highest BCUT2D eigenvalue weighted by molar-refractivity contribution is 6.01. The minimum Gasteiger partial charge on any atom is -0.352 e. The molecular weight excluding hydrogens is 262 g/mol. The molecule has 0 spiro atoms. The van der Waals surface area contributed by atoms with Crippen LogP contribution < -0.4 is 5.32 Å². The van der Waals surface area contributed by atoms with E-state index in [9.17, 15) is 9.59 Å². The highest BCUT2D eigenvalue weighted by Gasteiger charge is 2.29. The van der Waals surface area contributed by atoms with Crippen molar-refractivity contribution >= 4 is 11.7 Å². The lowest BCUT2D eigenvalue weighted by atomic mass is 9.82. The van der Waals surface area contributed by atoms with Crippen molar-refractivity contribution in [3.05, 3.63) is 71.3 Å². The lowest BCUT2D eigenvalue weighted by Gasteiger charge is -2.22. The van der Waals surface area contributed by atoms with Crippen molar-refractivity contribution in [2.75, 3.05) is 0 Å². The van der Waals surface area contributed by atoms with Gasteiger partial charge in [0.05, 0.1) is 0 Å². The Morgan fingerprint density at radius 3 is 2.52 bits per heavy atom. The Hall–Kier alpha value is -2.42. The van der Waals surface area contributed by atoms with Gasteiger partial charge in [-0.3, -0.25) is 9.59 Å². The van der Waals surface area contributed by atoms with Gasteiger partial charge in [-0.15, -0.1) is 0 Å². The summed E-state index contributed by atoms with van der Waals surface area (Å²) in [6.45, 7) is 0.506. The van der Waals surface area contributed by atoms with Crippen molar-refractivity contribution in [3.63, 3.8) is 0 Å². The predicted molar refractivity (Wildman–Crippen MR) is 80.9 cm³/mol. The number of benzene rings is 2. The van der Waals surface area contributed by atoms with E-state index < -0.39 is 0 Å². The van der Waals surface area contributed by atoms with Crippen LogP contribution >= 0.6 is 0 Å². The van der Waals surface area contributed by atoms with Crippen molar-refractivity contribution in [2.24, 2.45) is 5.92 Å². The SMILES string of the molecule is O=C1CC(C(=O)NCc2ccccc2)Cc2ccccc21. The van der Waals surface area contributed by atoms with Gasteiger partial charge in [-0.2, -0.15) is 0 Å². The van der Waals surface area contributed by atoms with Crippen molar-refractivity contribution in [1.82, 2.24) is 5.32 Å². The maximum Gasteiger partial charge on any atom is 0.224 e. The summed E-state index contributed by atoms with van der Waals surface area (Å²) in [5.74, 6) is -0.227. The number of carbonyl (C=O) groups is 2. The Balaban J connectivity index is 1.65. The summed E-state index contributed by atoms with van der Waals surface area (Å²) in [4.78, 5) is 24.4. The second-order valence-corrected chi connectivity index (χ2v) is 5.39. The average Bonchev–Trinajstić information content (AvgIpc) is 2.53. The van der Waals surface area contributed by atoms with Crippen LogP contribution in [0.15, 0.2) is 54.6 Å². The molecule has 1 N–H and O–H groups in total. The molecule has 0 aromatic heterocycles. The van der Waals surface area contributed by atoms with E-state index in [4.69, 9.17) is 0 Å². The molecule has 0 saturated carbocycles. The van der Waals surface area contributed by atoms with E-state index in [0.29, 0.717) is 19.4 Å². The molecule has 3 nitrogen and oxygen atoms in total. The molecule has 1 aliphatic carbocycles. The van der Waals surface area contributed by atoms with Gasteiger partial charge in [0.15, 0.2) is 5.78 Å². The number of carbonyl (C=O) groups excluding carboxylic acids is 2.